The molecule has 1 aromatic carbocycles. The number of nitrogens with one attached hydrogen (secondary N) is 2. The monoisotopic (exact) mass is 281 g/mol. The van der Waals surface area contributed by atoms with Crippen LogP contribution in [0.2, 0.25) is 0 Å². The fourth-order valence-electron chi connectivity index (χ4n) is 1.72. The van der Waals surface area contributed by atoms with Crippen LogP contribution < -0.4 is 10.6 Å². The molecule has 110 valence electrons. The molecule has 0 aliphatic rings. The first kappa shape index (κ1) is 15.9. The Morgan fingerprint density at radius 1 is 1.40 bits per heavy atom. The minimum atomic E-state index is -0.467. The highest BCUT2D eigenvalue weighted by atomic mass is 16.6. The van der Waals surface area contributed by atoms with E-state index in [1.807, 2.05) is 0 Å². The van der Waals surface area contributed by atoms with Crippen molar-refractivity contribution < 1.29 is 14.5 Å². The van der Waals surface area contributed by atoms with E-state index in [2.05, 4.69) is 10.6 Å². The molecule has 0 aliphatic carbocycles. The molecule has 1 aromatic rings. The number of hydrogen-bond donors (Lipinski definition) is 2. The Morgan fingerprint density at radius 2 is 2.15 bits per heavy atom. The summed E-state index contributed by atoms with van der Waals surface area (Å²) in [5.74, 6) is -0.276. The molecule has 1 amide bonds. The summed E-state index contributed by atoms with van der Waals surface area (Å²) in [6.45, 7) is 1.24. The summed E-state index contributed by atoms with van der Waals surface area (Å²) < 4.78 is 4.93. The predicted molar refractivity (Wildman–Crippen MR) is 76.1 cm³/mol. The van der Waals surface area contributed by atoms with Gasteiger partial charge < -0.3 is 15.4 Å². The number of carbonyl (C=O) groups excluding carboxylic acids is 1. The van der Waals surface area contributed by atoms with Crippen LogP contribution in [-0.4, -0.2) is 38.1 Å². The third-order valence-electron chi connectivity index (χ3n) is 2.77. The molecule has 0 bridgehead atoms. The molecular formula is C13H19N3O4. The molecule has 0 saturated carbocycles. The zero-order valence-corrected chi connectivity index (χ0v) is 11.6. The minimum Gasteiger partial charge on any atom is -0.385 e. The first-order valence-electron chi connectivity index (χ1n) is 6.33. The lowest BCUT2D eigenvalue weighted by atomic mass is 10.1. The van der Waals surface area contributed by atoms with Crippen molar-refractivity contribution in [2.24, 2.45) is 0 Å². The lowest BCUT2D eigenvalue weighted by Crippen LogP contribution is -2.18. The van der Waals surface area contributed by atoms with Crippen molar-refractivity contribution in [2.75, 3.05) is 32.6 Å². The van der Waals surface area contributed by atoms with E-state index in [1.54, 1.807) is 7.11 Å². The van der Waals surface area contributed by atoms with Gasteiger partial charge in [-0.1, -0.05) is 0 Å². The van der Waals surface area contributed by atoms with Crippen molar-refractivity contribution in [3.05, 3.63) is 33.9 Å². The van der Waals surface area contributed by atoms with E-state index in [9.17, 15) is 14.9 Å². The summed E-state index contributed by atoms with van der Waals surface area (Å²) in [7, 11) is 3.15. The number of rotatable bonds is 8. The molecule has 0 atom stereocenters. The van der Waals surface area contributed by atoms with Gasteiger partial charge in [0.2, 0.25) is 0 Å². The SMILES string of the molecule is CNC(=O)c1ccc([N+](=O)[O-])c(NCCCCOC)c1. The Hall–Kier alpha value is -2.15. The van der Waals surface area contributed by atoms with E-state index in [0.29, 0.717) is 24.4 Å². The number of benzene rings is 1. The Morgan fingerprint density at radius 3 is 2.75 bits per heavy atom. The van der Waals surface area contributed by atoms with Gasteiger partial charge in [-0.3, -0.25) is 14.9 Å². The Balaban J connectivity index is 2.78. The van der Waals surface area contributed by atoms with Gasteiger partial charge in [0, 0.05) is 38.9 Å². The molecule has 0 spiro atoms. The maximum absolute atomic E-state index is 11.5. The molecule has 1 rings (SSSR count). The highest BCUT2D eigenvalue weighted by Gasteiger charge is 2.15. The molecule has 20 heavy (non-hydrogen) atoms. The average molecular weight is 281 g/mol. The van der Waals surface area contributed by atoms with Gasteiger partial charge >= 0.3 is 0 Å². The van der Waals surface area contributed by atoms with Crippen LogP contribution in [-0.2, 0) is 4.74 Å². The van der Waals surface area contributed by atoms with Gasteiger partial charge in [-0.2, -0.15) is 0 Å². The second-order valence-corrected chi connectivity index (χ2v) is 4.19. The average Bonchev–Trinajstić information content (AvgIpc) is 2.45. The van der Waals surface area contributed by atoms with Gasteiger partial charge in [-0.15, -0.1) is 0 Å². The van der Waals surface area contributed by atoms with Gasteiger partial charge in [-0.25, -0.2) is 0 Å². The van der Waals surface area contributed by atoms with E-state index < -0.39 is 4.92 Å². The zero-order valence-electron chi connectivity index (χ0n) is 11.6. The lowest BCUT2D eigenvalue weighted by molar-refractivity contribution is -0.384. The normalized spacial score (nSPS) is 10.1. The molecule has 2 N–H and O–H groups in total. The molecule has 7 heteroatoms. The number of nitro benzene ring substituents is 1. The standard InChI is InChI=1S/C13H19N3O4/c1-14-13(17)10-5-6-12(16(18)19)11(9-10)15-7-3-4-8-20-2/h5-6,9,15H,3-4,7-8H2,1-2H3,(H,14,17). The van der Waals surface area contributed by atoms with Crippen LogP contribution in [0.15, 0.2) is 18.2 Å². The maximum atomic E-state index is 11.5. The summed E-state index contributed by atoms with van der Waals surface area (Å²) in [5.41, 5.74) is 0.704. The molecule has 0 unspecified atom stereocenters. The van der Waals surface area contributed by atoms with Gasteiger partial charge in [0.05, 0.1) is 4.92 Å². The number of anilines is 1. The highest BCUT2D eigenvalue weighted by molar-refractivity contribution is 5.95. The first-order chi connectivity index (χ1) is 9.60. The van der Waals surface area contributed by atoms with Crippen molar-refractivity contribution in [2.45, 2.75) is 12.8 Å². The van der Waals surface area contributed by atoms with Gasteiger partial charge in [0.1, 0.15) is 5.69 Å². The van der Waals surface area contributed by atoms with Crippen molar-refractivity contribution >= 4 is 17.3 Å². The molecule has 0 aliphatic heterocycles. The lowest BCUT2D eigenvalue weighted by Gasteiger charge is -2.08. The second-order valence-electron chi connectivity index (χ2n) is 4.19. The van der Waals surface area contributed by atoms with E-state index in [4.69, 9.17) is 4.74 Å². The number of nitrogens with zero attached hydrogens (tertiary/aromatic N) is 1. The van der Waals surface area contributed by atoms with Crippen molar-refractivity contribution in [1.29, 1.82) is 0 Å². The summed E-state index contributed by atoms with van der Waals surface area (Å²) in [6, 6.07) is 4.27. The highest BCUT2D eigenvalue weighted by Crippen LogP contribution is 2.25. The number of carbonyl (C=O) groups is 1. The molecule has 0 aromatic heterocycles. The summed E-state index contributed by atoms with van der Waals surface area (Å²) in [5, 5.41) is 16.4. The minimum absolute atomic E-state index is 0.0376. The van der Waals surface area contributed by atoms with Crippen LogP contribution in [0.5, 0.6) is 0 Å². The van der Waals surface area contributed by atoms with Crippen molar-refractivity contribution in [3.8, 4) is 0 Å². The van der Waals surface area contributed by atoms with E-state index in [0.717, 1.165) is 12.8 Å². The fraction of sp³-hybridized carbons (Fsp3) is 0.462. The van der Waals surface area contributed by atoms with Crippen LogP contribution in [0.25, 0.3) is 0 Å². The third kappa shape index (κ3) is 4.51. The zero-order chi connectivity index (χ0) is 15.0. The first-order valence-corrected chi connectivity index (χ1v) is 6.33. The smallest absolute Gasteiger partial charge is 0.292 e. The summed E-state index contributed by atoms with van der Waals surface area (Å²) in [6.07, 6.45) is 1.70. The number of unbranched alkanes of at least 4 members (excludes halogenated alkanes) is 1. The van der Waals surface area contributed by atoms with Gasteiger partial charge in [-0.05, 0) is 25.0 Å². The van der Waals surface area contributed by atoms with Crippen molar-refractivity contribution in [3.63, 3.8) is 0 Å². The van der Waals surface area contributed by atoms with Crippen LogP contribution >= 0.6 is 0 Å². The molecule has 0 fully saturated rings. The largest absolute Gasteiger partial charge is 0.385 e. The predicted octanol–water partition coefficient (Wildman–Crippen LogP) is 1.79. The topological polar surface area (TPSA) is 93.5 Å². The Labute approximate surface area is 117 Å². The second kappa shape index (κ2) is 8.11. The van der Waals surface area contributed by atoms with Crippen LogP contribution in [0, 0.1) is 10.1 Å². The van der Waals surface area contributed by atoms with Crippen LogP contribution in [0.1, 0.15) is 23.2 Å². The summed E-state index contributed by atoms with van der Waals surface area (Å²) >= 11 is 0. The molecule has 0 heterocycles. The molecular weight excluding hydrogens is 262 g/mol. The van der Waals surface area contributed by atoms with Crippen LogP contribution in [0.3, 0.4) is 0 Å². The maximum Gasteiger partial charge on any atom is 0.292 e. The third-order valence-corrected chi connectivity index (χ3v) is 2.77. The summed E-state index contributed by atoms with van der Waals surface area (Å²) in [4.78, 5) is 22.0. The number of methoxy groups -OCH3 is 1. The number of ether oxygens (including phenoxy) is 1. The Kier molecular flexibility index (Phi) is 6.45. The Bertz CT molecular complexity index is 477. The number of nitro groups is 1. The van der Waals surface area contributed by atoms with Gasteiger partial charge in [0.25, 0.3) is 11.6 Å². The number of amides is 1. The van der Waals surface area contributed by atoms with E-state index in [1.165, 1.54) is 25.2 Å². The fourth-order valence-corrected chi connectivity index (χ4v) is 1.72. The molecule has 0 radical (unpaired) electrons. The van der Waals surface area contributed by atoms with Gasteiger partial charge in [0.15, 0.2) is 0 Å². The van der Waals surface area contributed by atoms with E-state index >= 15 is 0 Å². The van der Waals surface area contributed by atoms with Crippen LogP contribution in [0.4, 0.5) is 11.4 Å². The van der Waals surface area contributed by atoms with Crippen molar-refractivity contribution in [1.82, 2.24) is 5.32 Å². The quantitative estimate of drug-likeness (QED) is 0.430. The molecule has 7 nitrogen and oxygen atoms in total. The number of hydrogen-bond acceptors (Lipinski definition) is 5. The molecule has 0 saturated heterocycles. The van der Waals surface area contributed by atoms with E-state index in [-0.39, 0.29) is 11.6 Å².